The van der Waals surface area contributed by atoms with Gasteiger partial charge in [-0.15, -0.1) is 0 Å². The maximum Gasteiger partial charge on any atom is 0.261 e. The summed E-state index contributed by atoms with van der Waals surface area (Å²) >= 11 is 0. The van der Waals surface area contributed by atoms with E-state index >= 15 is 0 Å². The summed E-state index contributed by atoms with van der Waals surface area (Å²) in [6, 6.07) is 5.90. The molecule has 5 nitrogen and oxygen atoms in total. The van der Waals surface area contributed by atoms with Crippen LogP contribution < -0.4 is 5.32 Å². The van der Waals surface area contributed by atoms with E-state index in [9.17, 15) is 13.2 Å². The smallest absolute Gasteiger partial charge is 0.261 e. The molecular formula is C13H12ClNO4S. The van der Waals surface area contributed by atoms with Crippen molar-refractivity contribution in [1.82, 2.24) is 5.32 Å². The third-order valence-electron chi connectivity index (χ3n) is 2.77. The van der Waals surface area contributed by atoms with Crippen molar-refractivity contribution in [3.8, 4) is 0 Å². The van der Waals surface area contributed by atoms with Crippen LogP contribution in [0.3, 0.4) is 0 Å². The Hall–Kier alpha value is -1.79. The van der Waals surface area contributed by atoms with Crippen LogP contribution in [0.1, 0.15) is 21.5 Å². The van der Waals surface area contributed by atoms with Crippen molar-refractivity contribution in [3.63, 3.8) is 0 Å². The molecule has 106 valence electrons. The molecule has 0 aliphatic carbocycles. The molecule has 0 atom stereocenters. The van der Waals surface area contributed by atoms with Crippen molar-refractivity contribution in [3.05, 3.63) is 53.5 Å². The number of nitrogens with one attached hydrogen (secondary N) is 1. The summed E-state index contributed by atoms with van der Waals surface area (Å²) in [6.45, 7) is 2.02. The van der Waals surface area contributed by atoms with Gasteiger partial charge in [0.15, 0.2) is 0 Å². The van der Waals surface area contributed by atoms with E-state index in [0.29, 0.717) is 12.1 Å². The van der Waals surface area contributed by atoms with E-state index in [1.165, 1.54) is 24.7 Å². The number of rotatable bonds is 4. The van der Waals surface area contributed by atoms with Gasteiger partial charge < -0.3 is 9.73 Å². The zero-order chi connectivity index (χ0) is 14.8. The van der Waals surface area contributed by atoms with Crippen molar-refractivity contribution in [2.24, 2.45) is 0 Å². The highest BCUT2D eigenvalue weighted by molar-refractivity contribution is 8.13. The second-order valence-corrected chi connectivity index (χ2v) is 6.79. The van der Waals surface area contributed by atoms with Crippen LogP contribution in [0.2, 0.25) is 0 Å². The molecule has 0 saturated heterocycles. The van der Waals surface area contributed by atoms with E-state index in [0.717, 1.165) is 5.56 Å². The van der Waals surface area contributed by atoms with Crippen molar-refractivity contribution in [2.45, 2.75) is 18.4 Å². The molecule has 1 amide bonds. The van der Waals surface area contributed by atoms with Crippen LogP contribution >= 0.6 is 10.7 Å². The van der Waals surface area contributed by atoms with Crippen LogP contribution in [0, 0.1) is 6.92 Å². The number of hydrogen-bond donors (Lipinski definition) is 1. The highest BCUT2D eigenvalue weighted by Gasteiger charge is 2.15. The average Bonchev–Trinajstić information content (AvgIpc) is 2.88. The number of amides is 1. The van der Waals surface area contributed by atoms with Crippen LogP contribution in [0.5, 0.6) is 0 Å². The Bertz CT molecular complexity index is 723. The van der Waals surface area contributed by atoms with E-state index in [4.69, 9.17) is 15.1 Å². The lowest BCUT2D eigenvalue weighted by atomic mass is 10.1. The monoisotopic (exact) mass is 313 g/mol. The third kappa shape index (κ3) is 3.40. The van der Waals surface area contributed by atoms with Gasteiger partial charge in [0, 0.05) is 28.4 Å². The summed E-state index contributed by atoms with van der Waals surface area (Å²) in [5.41, 5.74) is 1.76. The van der Waals surface area contributed by atoms with Gasteiger partial charge in [-0.25, -0.2) is 8.42 Å². The Morgan fingerprint density at radius 1 is 1.35 bits per heavy atom. The van der Waals surface area contributed by atoms with E-state index < -0.39 is 9.05 Å². The van der Waals surface area contributed by atoms with Crippen molar-refractivity contribution in [2.75, 3.05) is 0 Å². The SMILES string of the molecule is Cc1ccc(S(=O)(=O)Cl)cc1C(=O)NCc1ccoc1. The van der Waals surface area contributed by atoms with Crippen LogP contribution in [0.15, 0.2) is 46.1 Å². The summed E-state index contributed by atoms with van der Waals surface area (Å²) in [6.07, 6.45) is 3.03. The summed E-state index contributed by atoms with van der Waals surface area (Å²) in [7, 11) is 1.42. The Morgan fingerprint density at radius 2 is 2.10 bits per heavy atom. The Morgan fingerprint density at radius 3 is 2.70 bits per heavy atom. The number of hydrogen-bond acceptors (Lipinski definition) is 4. The molecule has 1 heterocycles. The van der Waals surface area contributed by atoms with E-state index in [2.05, 4.69) is 5.32 Å². The topological polar surface area (TPSA) is 76.4 Å². The second-order valence-electron chi connectivity index (χ2n) is 4.23. The molecule has 0 saturated carbocycles. The van der Waals surface area contributed by atoms with E-state index in [1.54, 1.807) is 19.1 Å². The van der Waals surface area contributed by atoms with Crippen molar-refractivity contribution >= 4 is 25.6 Å². The zero-order valence-corrected chi connectivity index (χ0v) is 12.2. The third-order valence-corrected chi connectivity index (χ3v) is 4.12. The standard InChI is InChI=1S/C13H12ClNO4S/c1-9-2-3-11(20(14,17)18)6-12(9)13(16)15-7-10-4-5-19-8-10/h2-6,8H,7H2,1H3,(H,15,16). The fourth-order valence-corrected chi connectivity index (χ4v) is 2.45. The maximum atomic E-state index is 12.1. The van der Waals surface area contributed by atoms with Crippen LogP contribution in [-0.4, -0.2) is 14.3 Å². The first kappa shape index (κ1) is 14.6. The molecule has 0 bridgehead atoms. The van der Waals surface area contributed by atoms with Gasteiger partial charge in [-0.3, -0.25) is 4.79 Å². The normalized spacial score (nSPS) is 11.3. The van der Waals surface area contributed by atoms with Crippen LogP contribution in [0.4, 0.5) is 0 Å². The van der Waals surface area contributed by atoms with Crippen molar-refractivity contribution < 1.29 is 17.6 Å². The molecule has 0 aliphatic rings. The molecule has 1 aromatic carbocycles. The lowest BCUT2D eigenvalue weighted by Gasteiger charge is -2.08. The molecule has 0 fully saturated rings. The highest BCUT2D eigenvalue weighted by Crippen LogP contribution is 2.19. The lowest BCUT2D eigenvalue weighted by molar-refractivity contribution is 0.0950. The largest absolute Gasteiger partial charge is 0.472 e. The summed E-state index contributed by atoms with van der Waals surface area (Å²) in [4.78, 5) is 12.0. The first-order valence-corrected chi connectivity index (χ1v) is 8.03. The highest BCUT2D eigenvalue weighted by atomic mass is 35.7. The first-order chi connectivity index (χ1) is 9.38. The molecule has 0 aliphatic heterocycles. The lowest BCUT2D eigenvalue weighted by Crippen LogP contribution is -2.23. The second kappa shape index (κ2) is 5.68. The fraction of sp³-hybridized carbons (Fsp3) is 0.154. The molecule has 2 aromatic rings. The average molecular weight is 314 g/mol. The van der Waals surface area contributed by atoms with Gasteiger partial charge >= 0.3 is 0 Å². The summed E-state index contributed by atoms with van der Waals surface area (Å²) < 4.78 is 27.5. The van der Waals surface area contributed by atoms with Crippen LogP contribution in [-0.2, 0) is 15.6 Å². The van der Waals surface area contributed by atoms with E-state index in [-0.39, 0.29) is 16.4 Å². The van der Waals surface area contributed by atoms with Gasteiger partial charge in [-0.2, -0.15) is 0 Å². The summed E-state index contributed by atoms with van der Waals surface area (Å²) in [5, 5.41) is 2.68. The van der Waals surface area contributed by atoms with Gasteiger partial charge in [0.2, 0.25) is 0 Å². The van der Waals surface area contributed by atoms with Gasteiger partial charge in [0.1, 0.15) is 0 Å². The Balaban J connectivity index is 2.21. The predicted octanol–water partition coefficient (Wildman–Crippen LogP) is 2.45. The van der Waals surface area contributed by atoms with Gasteiger partial charge in [0.05, 0.1) is 17.4 Å². The molecule has 0 unspecified atom stereocenters. The fourth-order valence-electron chi connectivity index (χ4n) is 1.67. The quantitative estimate of drug-likeness (QED) is 0.880. The molecule has 0 spiro atoms. The maximum absolute atomic E-state index is 12.1. The number of furan rings is 1. The minimum absolute atomic E-state index is 0.0989. The first-order valence-electron chi connectivity index (χ1n) is 5.72. The summed E-state index contributed by atoms with van der Waals surface area (Å²) in [5.74, 6) is -0.370. The van der Waals surface area contributed by atoms with Gasteiger partial charge in [0.25, 0.3) is 15.0 Å². The number of carbonyl (C=O) groups is 1. The molecule has 7 heteroatoms. The number of carbonyl (C=O) groups excluding carboxylic acids is 1. The Labute approximate surface area is 121 Å². The van der Waals surface area contributed by atoms with Gasteiger partial charge in [-0.05, 0) is 30.7 Å². The molecule has 20 heavy (non-hydrogen) atoms. The number of aryl methyl sites for hydroxylation is 1. The molecule has 0 radical (unpaired) electrons. The molecule has 1 aromatic heterocycles. The molecule has 1 N–H and O–H groups in total. The van der Waals surface area contributed by atoms with Gasteiger partial charge in [-0.1, -0.05) is 6.07 Å². The minimum Gasteiger partial charge on any atom is -0.472 e. The Kier molecular flexibility index (Phi) is 4.15. The molecular weight excluding hydrogens is 302 g/mol. The molecule has 2 rings (SSSR count). The zero-order valence-electron chi connectivity index (χ0n) is 10.6. The predicted molar refractivity (Wildman–Crippen MR) is 74.1 cm³/mol. The van der Waals surface area contributed by atoms with Crippen molar-refractivity contribution in [1.29, 1.82) is 0 Å². The van der Waals surface area contributed by atoms with E-state index in [1.807, 2.05) is 0 Å². The van der Waals surface area contributed by atoms with Crippen LogP contribution in [0.25, 0.3) is 0 Å². The number of halogens is 1. The minimum atomic E-state index is -3.86. The number of benzene rings is 1.